The number of carbonyl (C=O) groups excluding carboxylic acids is 1. The molecule has 4 rings (SSSR count). The molecule has 1 N–H and O–H groups in total. The molecule has 1 saturated heterocycles. The number of benzene rings is 2. The highest BCUT2D eigenvalue weighted by Gasteiger charge is 2.33. The summed E-state index contributed by atoms with van der Waals surface area (Å²) in [6.07, 6.45) is 0.825. The maximum Gasteiger partial charge on any atom is 0.243 e. The molecule has 2 aliphatic rings. The van der Waals surface area contributed by atoms with E-state index in [1.807, 2.05) is 0 Å². The number of nitrogens with zero attached hydrogens (tertiary/aromatic N) is 1. The summed E-state index contributed by atoms with van der Waals surface area (Å²) in [5, 5.41) is 2.82. The molecule has 1 amide bonds. The van der Waals surface area contributed by atoms with Crippen LogP contribution in [-0.4, -0.2) is 44.9 Å². The Bertz CT molecular complexity index is 1070. The van der Waals surface area contributed by atoms with Crippen molar-refractivity contribution in [3.05, 3.63) is 47.8 Å². The average Bonchev–Trinajstić information content (AvgIpc) is 2.75. The summed E-state index contributed by atoms with van der Waals surface area (Å²) in [6, 6.07) is 8.79. The fraction of sp³-hybridized carbons (Fsp3) is 0.381. The number of ether oxygens (including phenoxy) is 2. The zero-order chi connectivity index (χ0) is 21.3. The van der Waals surface area contributed by atoms with Gasteiger partial charge >= 0.3 is 0 Å². The molecule has 2 heterocycles. The van der Waals surface area contributed by atoms with Gasteiger partial charge in [-0.15, -0.1) is 0 Å². The Balaban J connectivity index is 1.40. The minimum Gasteiger partial charge on any atom is -0.486 e. The maximum atomic E-state index is 13.2. The molecular weight excluding hydrogens is 411 g/mol. The number of sulfonamides is 1. The zero-order valence-corrected chi connectivity index (χ0v) is 17.4. The normalized spacial score (nSPS) is 17.5. The van der Waals surface area contributed by atoms with Crippen molar-refractivity contribution in [1.82, 2.24) is 4.31 Å². The van der Waals surface area contributed by atoms with E-state index in [9.17, 15) is 17.6 Å². The van der Waals surface area contributed by atoms with E-state index < -0.39 is 10.0 Å². The van der Waals surface area contributed by atoms with Gasteiger partial charge in [-0.05, 0) is 55.7 Å². The van der Waals surface area contributed by atoms with Crippen molar-refractivity contribution >= 4 is 21.6 Å². The Hall–Kier alpha value is -2.65. The Morgan fingerprint density at radius 3 is 2.47 bits per heavy atom. The van der Waals surface area contributed by atoms with Gasteiger partial charge in [0.1, 0.15) is 19.0 Å². The van der Waals surface area contributed by atoms with Crippen LogP contribution in [0, 0.1) is 18.7 Å². The number of fused-ring (bicyclic) bond motifs is 1. The van der Waals surface area contributed by atoms with Crippen molar-refractivity contribution in [2.45, 2.75) is 24.7 Å². The number of nitrogens with one attached hydrogen (secondary N) is 1. The van der Waals surface area contributed by atoms with Crippen LogP contribution in [0.25, 0.3) is 0 Å². The van der Waals surface area contributed by atoms with Crippen LogP contribution in [0.4, 0.5) is 10.1 Å². The fourth-order valence-corrected chi connectivity index (χ4v) is 5.18. The highest BCUT2D eigenvalue weighted by atomic mass is 32.2. The van der Waals surface area contributed by atoms with Crippen molar-refractivity contribution in [2.75, 3.05) is 31.6 Å². The molecule has 9 heteroatoms. The van der Waals surface area contributed by atoms with E-state index in [-0.39, 0.29) is 35.6 Å². The van der Waals surface area contributed by atoms with Crippen LogP contribution in [-0.2, 0) is 14.8 Å². The van der Waals surface area contributed by atoms with Crippen LogP contribution in [0.3, 0.4) is 0 Å². The Morgan fingerprint density at radius 2 is 1.77 bits per heavy atom. The van der Waals surface area contributed by atoms with Crippen LogP contribution >= 0.6 is 0 Å². The van der Waals surface area contributed by atoms with E-state index in [0.717, 1.165) is 0 Å². The summed E-state index contributed by atoms with van der Waals surface area (Å²) >= 11 is 0. The van der Waals surface area contributed by atoms with Crippen molar-refractivity contribution in [3.63, 3.8) is 0 Å². The van der Waals surface area contributed by atoms with Gasteiger partial charge in [0.05, 0.1) is 4.90 Å². The van der Waals surface area contributed by atoms with E-state index >= 15 is 0 Å². The lowest BCUT2D eigenvalue weighted by atomic mass is 9.97. The first-order valence-corrected chi connectivity index (χ1v) is 11.3. The summed E-state index contributed by atoms with van der Waals surface area (Å²) in [5.74, 6) is 0.114. The Labute approximate surface area is 174 Å². The molecule has 2 aromatic carbocycles. The smallest absolute Gasteiger partial charge is 0.243 e. The summed E-state index contributed by atoms with van der Waals surface area (Å²) < 4.78 is 51.6. The molecule has 0 radical (unpaired) electrons. The molecule has 0 spiro atoms. The first kappa shape index (κ1) is 20.6. The van der Waals surface area contributed by atoms with Gasteiger partial charge < -0.3 is 14.8 Å². The van der Waals surface area contributed by atoms with Gasteiger partial charge in [-0.3, -0.25) is 4.79 Å². The molecule has 2 aliphatic heterocycles. The number of hydrogen-bond acceptors (Lipinski definition) is 5. The first-order chi connectivity index (χ1) is 14.3. The standard InChI is InChI=1S/C21H23FN2O5S/c1-14-12-16(22)2-4-18(14)23-21(25)15-6-8-24(9-7-15)30(26,27)17-3-5-19-20(13-17)29-11-10-28-19/h2-5,12-13,15H,6-11H2,1H3,(H,23,25). The minimum atomic E-state index is -3.69. The van der Waals surface area contributed by atoms with Gasteiger partial charge in [-0.1, -0.05) is 0 Å². The molecule has 0 unspecified atom stereocenters. The zero-order valence-electron chi connectivity index (χ0n) is 16.6. The van der Waals surface area contributed by atoms with Gasteiger partial charge in [0.15, 0.2) is 11.5 Å². The van der Waals surface area contributed by atoms with E-state index in [0.29, 0.717) is 48.8 Å². The summed E-state index contributed by atoms with van der Waals surface area (Å²) in [7, 11) is -3.69. The number of hydrogen-bond donors (Lipinski definition) is 1. The number of halogens is 1. The second kappa shape index (κ2) is 8.23. The third kappa shape index (κ3) is 4.13. The molecule has 0 aliphatic carbocycles. The Morgan fingerprint density at radius 1 is 1.07 bits per heavy atom. The largest absolute Gasteiger partial charge is 0.486 e. The molecule has 2 aromatic rings. The molecule has 0 bridgehead atoms. The maximum absolute atomic E-state index is 13.2. The van der Waals surface area contributed by atoms with E-state index in [4.69, 9.17) is 9.47 Å². The van der Waals surface area contributed by atoms with Gasteiger partial charge in [0.25, 0.3) is 0 Å². The molecule has 160 valence electrons. The van der Waals surface area contributed by atoms with Crippen molar-refractivity contribution in [2.24, 2.45) is 5.92 Å². The van der Waals surface area contributed by atoms with Crippen molar-refractivity contribution in [1.29, 1.82) is 0 Å². The average molecular weight is 434 g/mol. The topological polar surface area (TPSA) is 84.9 Å². The van der Waals surface area contributed by atoms with Crippen LogP contribution in [0.5, 0.6) is 11.5 Å². The minimum absolute atomic E-state index is 0.150. The molecule has 0 atom stereocenters. The molecule has 0 aromatic heterocycles. The predicted molar refractivity (Wildman–Crippen MR) is 109 cm³/mol. The molecule has 30 heavy (non-hydrogen) atoms. The number of amides is 1. The fourth-order valence-electron chi connectivity index (χ4n) is 3.69. The van der Waals surface area contributed by atoms with Crippen molar-refractivity contribution in [3.8, 4) is 11.5 Å². The van der Waals surface area contributed by atoms with Gasteiger partial charge in [0, 0.05) is 30.8 Å². The van der Waals surface area contributed by atoms with Crippen LogP contribution in [0.15, 0.2) is 41.3 Å². The monoisotopic (exact) mass is 434 g/mol. The molecular formula is C21H23FN2O5S. The molecule has 0 saturated carbocycles. The molecule has 1 fully saturated rings. The van der Waals surface area contributed by atoms with Crippen LogP contribution in [0.2, 0.25) is 0 Å². The Kier molecular flexibility index (Phi) is 5.66. The number of rotatable bonds is 4. The number of aryl methyl sites for hydroxylation is 1. The summed E-state index contributed by atoms with van der Waals surface area (Å²) in [6.45, 7) is 3.03. The highest BCUT2D eigenvalue weighted by Crippen LogP contribution is 2.34. The van der Waals surface area contributed by atoms with Gasteiger partial charge in [-0.25, -0.2) is 12.8 Å². The number of carbonyl (C=O) groups is 1. The summed E-state index contributed by atoms with van der Waals surface area (Å²) in [4.78, 5) is 12.7. The number of piperidine rings is 1. The number of anilines is 1. The van der Waals surface area contributed by atoms with Crippen LogP contribution < -0.4 is 14.8 Å². The lowest BCUT2D eigenvalue weighted by molar-refractivity contribution is -0.120. The highest BCUT2D eigenvalue weighted by molar-refractivity contribution is 7.89. The van der Waals surface area contributed by atoms with E-state index in [1.54, 1.807) is 13.0 Å². The third-order valence-corrected chi connectivity index (χ3v) is 7.32. The predicted octanol–water partition coefficient (Wildman–Crippen LogP) is 2.94. The second-order valence-electron chi connectivity index (χ2n) is 7.43. The van der Waals surface area contributed by atoms with Crippen LogP contribution in [0.1, 0.15) is 18.4 Å². The second-order valence-corrected chi connectivity index (χ2v) is 9.37. The quantitative estimate of drug-likeness (QED) is 0.800. The molecule has 7 nitrogen and oxygen atoms in total. The third-order valence-electron chi connectivity index (χ3n) is 5.42. The summed E-state index contributed by atoms with van der Waals surface area (Å²) in [5.41, 5.74) is 1.20. The lowest BCUT2D eigenvalue weighted by Crippen LogP contribution is -2.41. The first-order valence-electron chi connectivity index (χ1n) is 9.81. The van der Waals surface area contributed by atoms with Crippen molar-refractivity contribution < 1.29 is 27.1 Å². The van der Waals surface area contributed by atoms with Gasteiger partial charge in [-0.2, -0.15) is 4.31 Å². The lowest BCUT2D eigenvalue weighted by Gasteiger charge is -2.31. The van der Waals surface area contributed by atoms with Gasteiger partial charge in [0.2, 0.25) is 15.9 Å². The SMILES string of the molecule is Cc1cc(F)ccc1NC(=O)C1CCN(S(=O)(=O)c2ccc3c(c2)OCCO3)CC1. The van der Waals surface area contributed by atoms with E-state index in [1.165, 1.54) is 34.6 Å². The van der Waals surface area contributed by atoms with E-state index in [2.05, 4.69) is 5.32 Å².